The minimum Gasteiger partial charge on any atom is -0.393 e. The van der Waals surface area contributed by atoms with Crippen LogP contribution in [0.1, 0.15) is 99.8 Å². The monoisotopic (exact) mass is 426 g/mol. The molecule has 0 saturated heterocycles. The maximum absolute atomic E-state index is 10.3. The van der Waals surface area contributed by atoms with E-state index in [-0.39, 0.29) is 22.3 Å². The third-order valence-electron chi connectivity index (χ3n) is 10.9. The van der Waals surface area contributed by atoms with Crippen LogP contribution in [0.5, 0.6) is 0 Å². The van der Waals surface area contributed by atoms with Gasteiger partial charge in [0.15, 0.2) is 0 Å². The van der Waals surface area contributed by atoms with Gasteiger partial charge in [-0.15, -0.1) is 0 Å². The molecule has 31 heavy (non-hydrogen) atoms. The van der Waals surface area contributed by atoms with Gasteiger partial charge in [-0.3, -0.25) is 0 Å². The second-order valence-electron chi connectivity index (χ2n) is 13.0. The summed E-state index contributed by atoms with van der Waals surface area (Å²) in [4.78, 5) is 0. The second kappa shape index (κ2) is 7.32. The van der Waals surface area contributed by atoms with Crippen molar-refractivity contribution in [2.24, 2.45) is 33.5 Å². The molecule has 0 bridgehead atoms. The zero-order valence-corrected chi connectivity index (χ0v) is 21.1. The fourth-order valence-corrected chi connectivity index (χ4v) is 8.37. The van der Waals surface area contributed by atoms with Crippen LogP contribution in [-0.2, 0) is 0 Å². The van der Waals surface area contributed by atoms with Gasteiger partial charge in [0.25, 0.3) is 0 Å². The average molecular weight is 427 g/mol. The van der Waals surface area contributed by atoms with Gasteiger partial charge in [0.2, 0.25) is 0 Å². The number of rotatable bonds is 4. The minimum absolute atomic E-state index is 0.158. The Labute approximate surface area is 190 Å². The third kappa shape index (κ3) is 3.34. The SMILES string of the molecule is C[C@H](/C=C/CC(C)(C)O)[C@H]1CC[C@@]2(C)C3=CC=C4C[C@@H](O)CC[C@]4(C)[C@@]3(C)CC[C@]12C. The maximum atomic E-state index is 10.3. The Bertz CT molecular complexity index is 813. The van der Waals surface area contributed by atoms with Crippen molar-refractivity contribution in [2.75, 3.05) is 0 Å². The van der Waals surface area contributed by atoms with E-state index in [1.165, 1.54) is 31.3 Å². The Kier molecular flexibility index (Phi) is 5.50. The lowest BCUT2D eigenvalue weighted by Gasteiger charge is -2.64. The van der Waals surface area contributed by atoms with Gasteiger partial charge in [-0.05, 0) is 98.7 Å². The third-order valence-corrected chi connectivity index (χ3v) is 10.9. The van der Waals surface area contributed by atoms with Gasteiger partial charge >= 0.3 is 0 Å². The Morgan fingerprint density at radius 2 is 1.68 bits per heavy atom. The molecule has 0 aromatic carbocycles. The fraction of sp³-hybridized carbons (Fsp3) is 0.793. The summed E-state index contributed by atoms with van der Waals surface area (Å²) in [5.41, 5.74) is 3.51. The number of aliphatic hydroxyl groups is 2. The summed E-state index contributed by atoms with van der Waals surface area (Å²) in [7, 11) is 0. The molecule has 0 amide bonds. The summed E-state index contributed by atoms with van der Waals surface area (Å²) in [5.74, 6) is 1.22. The van der Waals surface area contributed by atoms with Crippen molar-refractivity contribution in [1.82, 2.24) is 0 Å². The number of fused-ring (bicyclic) bond motifs is 5. The first-order valence-corrected chi connectivity index (χ1v) is 12.8. The molecule has 4 rings (SSSR count). The molecule has 4 aliphatic rings. The highest BCUT2D eigenvalue weighted by Crippen LogP contribution is 2.75. The molecule has 0 aromatic rings. The molecule has 0 radical (unpaired) electrons. The Hall–Kier alpha value is -0.860. The highest BCUT2D eigenvalue weighted by atomic mass is 16.3. The van der Waals surface area contributed by atoms with Gasteiger partial charge in [-0.25, -0.2) is 0 Å². The summed E-state index contributed by atoms with van der Waals surface area (Å²) in [6.45, 7) is 16.4. The van der Waals surface area contributed by atoms with Crippen molar-refractivity contribution >= 4 is 0 Å². The van der Waals surface area contributed by atoms with Crippen molar-refractivity contribution in [3.05, 3.63) is 35.5 Å². The van der Waals surface area contributed by atoms with Gasteiger partial charge in [0, 0.05) is 0 Å². The Balaban J connectivity index is 1.66. The van der Waals surface area contributed by atoms with E-state index in [0.717, 1.165) is 25.7 Å². The summed E-state index contributed by atoms with van der Waals surface area (Å²) >= 11 is 0. The summed E-state index contributed by atoms with van der Waals surface area (Å²) in [6.07, 6.45) is 18.1. The highest BCUT2D eigenvalue weighted by Gasteiger charge is 2.66. The van der Waals surface area contributed by atoms with Crippen LogP contribution in [0.3, 0.4) is 0 Å². The molecule has 2 N–H and O–H groups in total. The van der Waals surface area contributed by atoms with Crippen molar-refractivity contribution in [1.29, 1.82) is 0 Å². The van der Waals surface area contributed by atoms with E-state index in [1.54, 1.807) is 5.57 Å². The molecule has 0 unspecified atom stereocenters. The van der Waals surface area contributed by atoms with Crippen molar-refractivity contribution in [2.45, 2.75) is 112 Å². The molecular weight excluding hydrogens is 380 g/mol. The maximum Gasteiger partial charge on any atom is 0.0626 e. The van der Waals surface area contributed by atoms with Gasteiger partial charge in [0.05, 0.1) is 11.7 Å². The van der Waals surface area contributed by atoms with E-state index in [9.17, 15) is 10.2 Å². The second-order valence-corrected chi connectivity index (χ2v) is 13.0. The number of hydrogen-bond acceptors (Lipinski definition) is 2. The first kappa shape index (κ1) is 23.3. The minimum atomic E-state index is -0.628. The van der Waals surface area contributed by atoms with Gasteiger partial charge in [-0.1, -0.05) is 70.1 Å². The number of aliphatic hydroxyl groups excluding tert-OH is 1. The van der Waals surface area contributed by atoms with Crippen LogP contribution >= 0.6 is 0 Å². The molecule has 2 heteroatoms. The summed E-state index contributed by atoms with van der Waals surface area (Å²) in [5, 5.41) is 20.4. The van der Waals surface area contributed by atoms with Gasteiger partial charge in [0.1, 0.15) is 0 Å². The summed E-state index contributed by atoms with van der Waals surface area (Å²) < 4.78 is 0. The fourth-order valence-electron chi connectivity index (χ4n) is 8.37. The molecule has 3 saturated carbocycles. The predicted octanol–water partition coefficient (Wildman–Crippen LogP) is 6.98. The normalized spacial score (nSPS) is 46.1. The Morgan fingerprint density at radius 3 is 2.35 bits per heavy atom. The highest BCUT2D eigenvalue weighted by molar-refractivity contribution is 5.45. The molecule has 3 fully saturated rings. The lowest BCUT2D eigenvalue weighted by atomic mass is 9.40. The van der Waals surface area contributed by atoms with Crippen LogP contribution in [0.4, 0.5) is 0 Å². The predicted molar refractivity (Wildman–Crippen MR) is 130 cm³/mol. The molecule has 0 aromatic heterocycles. The molecule has 4 aliphatic carbocycles. The molecular formula is C29H46O2. The molecule has 0 aliphatic heterocycles. The average Bonchev–Trinajstić information content (AvgIpc) is 2.94. The van der Waals surface area contributed by atoms with E-state index >= 15 is 0 Å². The topological polar surface area (TPSA) is 40.5 Å². The zero-order chi connectivity index (χ0) is 22.9. The smallest absolute Gasteiger partial charge is 0.0626 e. The van der Waals surface area contributed by atoms with Crippen LogP contribution in [0.25, 0.3) is 0 Å². The lowest BCUT2D eigenvalue weighted by molar-refractivity contribution is -0.0482. The van der Waals surface area contributed by atoms with Crippen LogP contribution in [0, 0.1) is 33.5 Å². The lowest BCUT2D eigenvalue weighted by Crippen LogP contribution is -2.56. The van der Waals surface area contributed by atoms with Crippen molar-refractivity contribution in [3.8, 4) is 0 Å². The van der Waals surface area contributed by atoms with E-state index < -0.39 is 5.60 Å². The van der Waals surface area contributed by atoms with Gasteiger partial charge < -0.3 is 10.2 Å². The van der Waals surface area contributed by atoms with E-state index in [0.29, 0.717) is 17.3 Å². The van der Waals surface area contributed by atoms with Crippen LogP contribution in [0.2, 0.25) is 0 Å². The summed E-state index contributed by atoms with van der Waals surface area (Å²) in [6, 6.07) is 0. The van der Waals surface area contributed by atoms with E-state index in [4.69, 9.17) is 0 Å². The quantitative estimate of drug-likeness (QED) is 0.476. The largest absolute Gasteiger partial charge is 0.393 e. The Morgan fingerprint density at radius 1 is 1.00 bits per heavy atom. The standard InChI is InChI=1S/C29H46O2/c1-20(9-8-14-25(2,3)31)23-13-16-28(6)24-11-10-21-19-22(30)12-15-26(21,4)29(24,7)18-17-27(23,28)5/h8-11,20,22-23,30-31H,12-19H2,1-7H3/b9-8+/t20-,22+,23-,26+,27-,28+,29+/m1/s1. The molecule has 0 spiro atoms. The molecule has 174 valence electrons. The van der Waals surface area contributed by atoms with E-state index in [2.05, 4.69) is 58.9 Å². The van der Waals surface area contributed by atoms with Crippen LogP contribution in [0.15, 0.2) is 35.5 Å². The number of allylic oxidation sites excluding steroid dienone is 4. The molecule has 7 atom stereocenters. The van der Waals surface area contributed by atoms with Crippen molar-refractivity contribution < 1.29 is 10.2 Å². The first-order chi connectivity index (χ1) is 14.3. The zero-order valence-electron chi connectivity index (χ0n) is 21.1. The van der Waals surface area contributed by atoms with E-state index in [1.807, 2.05) is 13.8 Å². The number of hydrogen-bond donors (Lipinski definition) is 2. The molecule has 2 nitrogen and oxygen atoms in total. The molecule has 0 heterocycles. The van der Waals surface area contributed by atoms with Crippen molar-refractivity contribution in [3.63, 3.8) is 0 Å². The van der Waals surface area contributed by atoms with Crippen LogP contribution in [-0.4, -0.2) is 21.9 Å². The van der Waals surface area contributed by atoms with Gasteiger partial charge in [-0.2, -0.15) is 0 Å². The van der Waals surface area contributed by atoms with Crippen LogP contribution < -0.4 is 0 Å². The first-order valence-electron chi connectivity index (χ1n) is 12.8.